The van der Waals surface area contributed by atoms with Crippen molar-refractivity contribution in [3.63, 3.8) is 0 Å². The summed E-state index contributed by atoms with van der Waals surface area (Å²) in [6.45, 7) is 5.35. The summed E-state index contributed by atoms with van der Waals surface area (Å²) < 4.78 is 2.04. The summed E-state index contributed by atoms with van der Waals surface area (Å²) >= 11 is 0. The molecule has 2 rings (SSSR count). The molecular weight excluding hydrogens is 216 g/mol. The summed E-state index contributed by atoms with van der Waals surface area (Å²) in [5.74, 6) is -0.281. The third-order valence-corrected chi connectivity index (χ3v) is 3.39. The fraction of sp³-hybridized carbons (Fsp3) is 0.667. The van der Waals surface area contributed by atoms with Crippen molar-refractivity contribution in [2.75, 3.05) is 6.54 Å². The average Bonchev–Trinajstić information content (AvgIpc) is 2.85. The van der Waals surface area contributed by atoms with Crippen molar-refractivity contribution in [2.45, 2.75) is 39.3 Å². The van der Waals surface area contributed by atoms with Crippen LogP contribution in [-0.2, 0) is 11.3 Å². The van der Waals surface area contributed by atoms with Crippen LogP contribution < -0.4 is 11.1 Å². The van der Waals surface area contributed by atoms with E-state index in [1.165, 1.54) is 6.42 Å². The molecule has 5 heteroatoms. The number of nitrogens with zero attached hydrogens (tertiary/aromatic N) is 2. The molecule has 0 saturated carbocycles. The molecule has 1 amide bonds. The van der Waals surface area contributed by atoms with E-state index in [4.69, 9.17) is 5.73 Å². The number of aromatic nitrogens is 2. The number of primary amides is 1. The number of carbonyl (C=O) groups excluding carboxylic acids is 1. The van der Waals surface area contributed by atoms with Crippen molar-refractivity contribution >= 4 is 5.91 Å². The van der Waals surface area contributed by atoms with Gasteiger partial charge >= 0.3 is 0 Å². The van der Waals surface area contributed by atoms with E-state index >= 15 is 0 Å². The zero-order valence-electron chi connectivity index (χ0n) is 10.4. The van der Waals surface area contributed by atoms with E-state index in [9.17, 15) is 4.79 Å². The molecule has 1 aliphatic rings. The molecule has 1 aromatic heterocycles. The van der Waals surface area contributed by atoms with Crippen molar-refractivity contribution in [3.05, 3.63) is 18.2 Å². The van der Waals surface area contributed by atoms with Gasteiger partial charge in [0.25, 0.3) is 0 Å². The third kappa shape index (κ3) is 2.49. The second-order valence-electron chi connectivity index (χ2n) is 5.34. The number of rotatable bonds is 4. The summed E-state index contributed by atoms with van der Waals surface area (Å²) in [6, 6.07) is 0.362. The van der Waals surface area contributed by atoms with Crippen LogP contribution in [0.15, 0.2) is 12.5 Å². The first-order valence-corrected chi connectivity index (χ1v) is 6.04. The summed E-state index contributed by atoms with van der Waals surface area (Å²) in [5, 5.41) is 3.44. The van der Waals surface area contributed by atoms with E-state index in [0.29, 0.717) is 12.6 Å². The Labute approximate surface area is 101 Å². The maximum Gasteiger partial charge on any atom is 0.224 e. The number of hydrogen-bond acceptors (Lipinski definition) is 3. The molecule has 1 aliphatic heterocycles. The van der Waals surface area contributed by atoms with E-state index in [2.05, 4.69) is 10.3 Å². The van der Waals surface area contributed by atoms with Gasteiger partial charge in [-0.05, 0) is 33.2 Å². The minimum atomic E-state index is -0.548. The van der Waals surface area contributed by atoms with Gasteiger partial charge < -0.3 is 15.6 Å². The van der Waals surface area contributed by atoms with Crippen molar-refractivity contribution in [2.24, 2.45) is 11.1 Å². The molecule has 5 nitrogen and oxygen atoms in total. The monoisotopic (exact) mass is 236 g/mol. The Morgan fingerprint density at radius 1 is 1.71 bits per heavy atom. The predicted molar refractivity (Wildman–Crippen MR) is 65.2 cm³/mol. The third-order valence-electron chi connectivity index (χ3n) is 3.39. The number of imidazole rings is 1. The predicted octanol–water partition coefficient (Wildman–Crippen LogP) is 0.819. The summed E-state index contributed by atoms with van der Waals surface area (Å²) in [6.07, 6.45) is 5.97. The second kappa shape index (κ2) is 4.49. The lowest BCUT2D eigenvalue weighted by atomic mass is 9.92. The van der Waals surface area contributed by atoms with Gasteiger partial charge in [0.2, 0.25) is 5.91 Å². The molecule has 1 atom stereocenters. The van der Waals surface area contributed by atoms with Gasteiger partial charge in [-0.1, -0.05) is 0 Å². The standard InChI is InChI=1S/C12H20N4O/c1-12(2,11(13)17)7-16-8-14-6-10(16)9-4-3-5-15-9/h6,8-9,15H,3-5,7H2,1-2H3,(H2,13,17)/t9-/m0/s1. The van der Waals surface area contributed by atoms with E-state index < -0.39 is 5.41 Å². The largest absolute Gasteiger partial charge is 0.369 e. The Kier molecular flexibility index (Phi) is 3.19. The highest BCUT2D eigenvalue weighted by Crippen LogP contribution is 2.25. The zero-order valence-corrected chi connectivity index (χ0v) is 10.4. The average molecular weight is 236 g/mol. The van der Waals surface area contributed by atoms with Crippen LogP contribution in [0.3, 0.4) is 0 Å². The molecule has 0 spiro atoms. The van der Waals surface area contributed by atoms with Crippen LogP contribution in [0.4, 0.5) is 0 Å². The lowest BCUT2D eigenvalue weighted by Gasteiger charge is -2.23. The smallest absolute Gasteiger partial charge is 0.224 e. The first kappa shape index (κ1) is 12.1. The molecule has 0 aromatic carbocycles. The second-order valence-corrected chi connectivity index (χ2v) is 5.34. The van der Waals surface area contributed by atoms with Gasteiger partial charge in [0.1, 0.15) is 0 Å². The molecule has 0 bridgehead atoms. The van der Waals surface area contributed by atoms with Crippen LogP contribution >= 0.6 is 0 Å². The van der Waals surface area contributed by atoms with E-state index in [1.807, 2.05) is 24.6 Å². The Morgan fingerprint density at radius 3 is 3.06 bits per heavy atom. The van der Waals surface area contributed by atoms with Crippen LogP contribution in [0.2, 0.25) is 0 Å². The Bertz CT molecular complexity index is 404. The number of hydrogen-bond donors (Lipinski definition) is 2. The molecule has 2 heterocycles. The van der Waals surface area contributed by atoms with Gasteiger partial charge in [-0.3, -0.25) is 4.79 Å². The quantitative estimate of drug-likeness (QED) is 0.813. The van der Waals surface area contributed by atoms with E-state index in [0.717, 1.165) is 18.7 Å². The van der Waals surface area contributed by atoms with Gasteiger partial charge in [-0.15, -0.1) is 0 Å². The zero-order chi connectivity index (χ0) is 12.5. The number of amides is 1. The molecule has 0 unspecified atom stereocenters. The topological polar surface area (TPSA) is 72.9 Å². The fourth-order valence-corrected chi connectivity index (χ4v) is 2.19. The molecule has 94 valence electrons. The first-order chi connectivity index (χ1) is 8.00. The van der Waals surface area contributed by atoms with Gasteiger partial charge in [0.05, 0.1) is 17.4 Å². The molecule has 1 fully saturated rings. The molecule has 0 radical (unpaired) electrons. The van der Waals surface area contributed by atoms with Crippen LogP contribution in [-0.4, -0.2) is 22.0 Å². The minimum absolute atomic E-state index is 0.281. The van der Waals surface area contributed by atoms with Gasteiger partial charge in [-0.2, -0.15) is 0 Å². The Balaban J connectivity index is 2.16. The highest BCUT2D eigenvalue weighted by atomic mass is 16.1. The van der Waals surface area contributed by atoms with Crippen molar-refractivity contribution in [1.29, 1.82) is 0 Å². The lowest BCUT2D eigenvalue weighted by Crippen LogP contribution is -2.36. The van der Waals surface area contributed by atoms with Crippen LogP contribution in [0.1, 0.15) is 38.4 Å². The van der Waals surface area contributed by atoms with Crippen molar-refractivity contribution < 1.29 is 4.79 Å². The highest BCUT2D eigenvalue weighted by Gasteiger charge is 2.28. The molecule has 1 saturated heterocycles. The molecular formula is C12H20N4O. The van der Waals surface area contributed by atoms with Gasteiger partial charge in [0.15, 0.2) is 0 Å². The highest BCUT2D eigenvalue weighted by molar-refractivity contribution is 5.79. The summed E-state index contributed by atoms with van der Waals surface area (Å²) in [5.41, 5.74) is 6.00. The molecule has 1 aromatic rings. The SMILES string of the molecule is CC(C)(Cn1cncc1[C@@H]1CCCN1)C(N)=O. The summed E-state index contributed by atoms with van der Waals surface area (Å²) in [7, 11) is 0. The number of carbonyl (C=O) groups is 1. The first-order valence-electron chi connectivity index (χ1n) is 6.04. The Morgan fingerprint density at radius 2 is 2.47 bits per heavy atom. The van der Waals surface area contributed by atoms with E-state index in [1.54, 1.807) is 6.33 Å². The van der Waals surface area contributed by atoms with Gasteiger partial charge in [-0.25, -0.2) is 4.98 Å². The maximum absolute atomic E-state index is 11.4. The fourth-order valence-electron chi connectivity index (χ4n) is 2.19. The van der Waals surface area contributed by atoms with Crippen LogP contribution in [0.25, 0.3) is 0 Å². The van der Waals surface area contributed by atoms with Crippen molar-refractivity contribution in [1.82, 2.24) is 14.9 Å². The molecule has 0 aliphatic carbocycles. The molecule has 17 heavy (non-hydrogen) atoms. The maximum atomic E-state index is 11.4. The Hall–Kier alpha value is -1.36. The molecule has 3 N–H and O–H groups in total. The lowest BCUT2D eigenvalue weighted by molar-refractivity contribution is -0.126. The van der Waals surface area contributed by atoms with Crippen molar-refractivity contribution in [3.8, 4) is 0 Å². The number of nitrogens with two attached hydrogens (primary N) is 1. The van der Waals surface area contributed by atoms with Crippen LogP contribution in [0.5, 0.6) is 0 Å². The number of nitrogens with one attached hydrogen (secondary N) is 1. The normalized spacial score (nSPS) is 20.7. The van der Waals surface area contributed by atoms with Gasteiger partial charge in [0, 0.05) is 18.8 Å². The van der Waals surface area contributed by atoms with Crippen LogP contribution in [0, 0.1) is 5.41 Å². The summed E-state index contributed by atoms with van der Waals surface area (Å²) in [4.78, 5) is 15.5. The minimum Gasteiger partial charge on any atom is -0.369 e. The van der Waals surface area contributed by atoms with E-state index in [-0.39, 0.29) is 5.91 Å².